The second-order valence-electron chi connectivity index (χ2n) is 6.70. The van der Waals surface area contributed by atoms with E-state index >= 15 is 0 Å². The van der Waals surface area contributed by atoms with Crippen LogP contribution in [0.25, 0.3) is 0 Å². The Labute approximate surface area is 123 Å². The summed E-state index contributed by atoms with van der Waals surface area (Å²) in [6.07, 6.45) is 3.41. The highest BCUT2D eigenvalue weighted by atomic mass is 15.2. The molecule has 0 aromatic rings. The molecule has 1 heterocycles. The Morgan fingerprint density at radius 2 is 2.00 bits per heavy atom. The second-order valence-corrected chi connectivity index (χ2v) is 6.70. The number of hydrogen-bond donors (Lipinski definition) is 1. The molecule has 2 atom stereocenters. The summed E-state index contributed by atoms with van der Waals surface area (Å²) in [7, 11) is 8.70. The molecule has 2 unspecified atom stereocenters. The zero-order valence-corrected chi connectivity index (χ0v) is 13.7. The average molecular weight is 278 g/mol. The van der Waals surface area contributed by atoms with Gasteiger partial charge in [0.05, 0.1) is 0 Å². The fraction of sp³-hybridized carbons (Fsp3) is 0.750. The molecule has 20 heavy (non-hydrogen) atoms. The Morgan fingerprint density at radius 3 is 2.65 bits per heavy atom. The van der Waals surface area contributed by atoms with Crippen molar-refractivity contribution in [2.24, 2.45) is 11.7 Å². The van der Waals surface area contributed by atoms with Crippen molar-refractivity contribution in [2.75, 3.05) is 54.4 Å². The smallest absolute Gasteiger partial charge is 0.0391 e. The first-order valence-corrected chi connectivity index (χ1v) is 7.62. The predicted octanol–water partition coefficient (Wildman–Crippen LogP) is 0.973. The van der Waals surface area contributed by atoms with E-state index in [9.17, 15) is 0 Å². The maximum Gasteiger partial charge on any atom is 0.0391 e. The number of nitrogens with two attached hydrogens (primary N) is 1. The lowest BCUT2D eigenvalue weighted by Gasteiger charge is -2.42. The van der Waals surface area contributed by atoms with Crippen LogP contribution in [0.2, 0.25) is 0 Å². The van der Waals surface area contributed by atoms with Gasteiger partial charge in [0.1, 0.15) is 0 Å². The maximum absolute atomic E-state index is 6.29. The third-order valence-electron chi connectivity index (χ3n) is 4.69. The van der Waals surface area contributed by atoms with Gasteiger partial charge in [0, 0.05) is 43.8 Å². The molecule has 0 amide bonds. The van der Waals surface area contributed by atoms with E-state index in [1.165, 1.54) is 12.0 Å². The third kappa shape index (κ3) is 3.25. The van der Waals surface area contributed by atoms with Gasteiger partial charge in [-0.3, -0.25) is 4.90 Å². The quantitative estimate of drug-likeness (QED) is 0.831. The Kier molecular flexibility index (Phi) is 4.89. The standard InChI is InChI=1S/C16H30N4/c1-12-15(17)10-13-11-19(4)7-6-14(13)16(12)20(5)9-8-18(2)3/h10,12,16H,6-9,11,17H2,1-5H3. The fourth-order valence-corrected chi connectivity index (χ4v) is 3.38. The Hall–Kier alpha value is -0.840. The number of likely N-dealkylation sites (N-methyl/N-ethyl adjacent to an activating group) is 3. The van der Waals surface area contributed by atoms with E-state index in [4.69, 9.17) is 5.73 Å². The topological polar surface area (TPSA) is 35.7 Å². The van der Waals surface area contributed by atoms with Crippen LogP contribution in [0.5, 0.6) is 0 Å². The molecule has 2 aliphatic rings. The van der Waals surface area contributed by atoms with Gasteiger partial charge in [-0.25, -0.2) is 0 Å². The van der Waals surface area contributed by atoms with Gasteiger partial charge in [-0.05, 0) is 51.8 Å². The lowest BCUT2D eigenvalue weighted by molar-refractivity contribution is 0.192. The van der Waals surface area contributed by atoms with Gasteiger partial charge in [-0.1, -0.05) is 6.92 Å². The summed E-state index contributed by atoms with van der Waals surface area (Å²) in [5, 5.41) is 0. The Balaban J connectivity index is 2.19. The minimum atomic E-state index is 0.421. The van der Waals surface area contributed by atoms with Crippen LogP contribution in [-0.2, 0) is 0 Å². The van der Waals surface area contributed by atoms with Crippen LogP contribution in [-0.4, -0.2) is 75.1 Å². The van der Waals surface area contributed by atoms with Crippen LogP contribution < -0.4 is 5.73 Å². The Morgan fingerprint density at radius 1 is 1.30 bits per heavy atom. The first kappa shape index (κ1) is 15.5. The molecule has 0 saturated heterocycles. The molecule has 1 aliphatic heterocycles. The van der Waals surface area contributed by atoms with Crippen LogP contribution in [0.3, 0.4) is 0 Å². The van der Waals surface area contributed by atoms with E-state index < -0.39 is 0 Å². The molecule has 4 nitrogen and oxygen atoms in total. The van der Waals surface area contributed by atoms with Gasteiger partial charge in [-0.2, -0.15) is 0 Å². The van der Waals surface area contributed by atoms with Gasteiger partial charge in [-0.15, -0.1) is 0 Å². The molecule has 0 spiro atoms. The molecule has 2 rings (SSSR count). The lowest BCUT2D eigenvalue weighted by atomic mass is 9.79. The summed E-state index contributed by atoms with van der Waals surface area (Å²) in [6, 6.07) is 0.476. The molecular weight excluding hydrogens is 248 g/mol. The van der Waals surface area contributed by atoms with E-state index in [2.05, 4.69) is 55.9 Å². The van der Waals surface area contributed by atoms with Crippen molar-refractivity contribution >= 4 is 0 Å². The summed E-state index contributed by atoms with van der Waals surface area (Å²) in [5.74, 6) is 0.421. The molecule has 1 aliphatic carbocycles. The summed E-state index contributed by atoms with van der Waals surface area (Å²) in [5.41, 5.74) is 10.4. The minimum absolute atomic E-state index is 0.421. The first-order valence-electron chi connectivity index (χ1n) is 7.62. The highest BCUT2D eigenvalue weighted by Crippen LogP contribution is 2.34. The lowest BCUT2D eigenvalue weighted by Crippen LogP contribution is -2.47. The molecule has 2 N–H and O–H groups in total. The zero-order valence-electron chi connectivity index (χ0n) is 13.7. The van der Waals surface area contributed by atoms with Crippen LogP contribution >= 0.6 is 0 Å². The van der Waals surface area contributed by atoms with Crippen molar-refractivity contribution in [2.45, 2.75) is 19.4 Å². The molecular formula is C16H30N4. The molecule has 114 valence electrons. The molecule has 0 aromatic heterocycles. The SMILES string of the molecule is CC1C(N)=CC2=C(CCN(C)C2)C1N(C)CCN(C)C. The van der Waals surface area contributed by atoms with Crippen molar-refractivity contribution in [3.05, 3.63) is 22.9 Å². The highest BCUT2D eigenvalue weighted by Gasteiger charge is 2.33. The van der Waals surface area contributed by atoms with Crippen LogP contribution in [0.15, 0.2) is 22.9 Å². The van der Waals surface area contributed by atoms with Crippen LogP contribution in [0.1, 0.15) is 13.3 Å². The van der Waals surface area contributed by atoms with Crippen molar-refractivity contribution in [3.63, 3.8) is 0 Å². The summed E-state index contributed by atoms with van der Waals surface area (Å²) in [6.45, 7) is 6.65. The van der Waals surface area contributed by atoms with Crippen molar-refractivity contribution in [3.8, 4) is 0 Å². The summed E-state index contributed by atoms with van der Waals surface area (Å²) >= 11 is 0. The number of hydrogen-bond acceptors (Lipinski definition) is 4. The molecule has 4 heteroatoms. The summed E-state index contributed by atoms with van der Waals surface area (Å²) < 4.78 is 0. The van der Waals surface area contributed by atoms with E-state index in [1.54, 1.807) is 5.57 Å². The second kappa shape index (κ2) is 6.29. The number of rotatable bonds is 4. The first-order chi connectivity index (χ1) is 9.40. The number of nitrogens with zero attached hydrogens (tertiary/aromatic N) is 3. The molecule has 0 aromatic carbocycles. The normalized spacial score (nSPS) is 28.1. The molecule has 0 bridgehead atoms. The monoisotopic (exact) mass is 278 g/mol. The highest BCUT2D eigenvalue weighted by molar-refractivity contribution is 5.40. The van der Waals surface area contributed by atoms with Gasteiger partial charge < -0.3 is 15.5 Å². The van der Waals surface area contributed by atoms with Crippen molar-refractivity contribution < 1.29 is 0 Å². The maximum atomic E-state index is 6.29. The Bertz CT molecular complexity index is 411. The molecule has 0 radical (unpaired) electrons. The van der Waals surface area contributed by atoms with E-state index in [1.807, 2.05) is 0 Å². The fourth-order valence-electron chi connectivity index (χ4n) is 3.38. The minimum Gasteiger partial charge on any atom is -0.402 e. The predicted molar refractivity (Wildman–Crippen MR) is 85.5 cm³/mol. The largest absolute Gasteiger partial charge is 0.402 e. The molecule has 0 saturated carbocycles. The van der Waals surface area contributed by atoms with Crippen molar-refractivity contribution in [1.29, 1.82) is 0 Å². The van der Waals surface area contributed by atoms with Crippen LogP contribution in [0.4, 0.5) is 0 Å². The summed E-state index contributed by atoms with van der Waals surface area (Å²) in [4.78, 5) is 7.12. The van der Waals surface area contributed by atoms with E-state index in [0.717, 1.165) is 31.9 Å². The van der Waals surface area contributed by atoms with Gasteiger partial charge in [0.2, 0.25) is 0 Å². The van der Waals surface area contributed by atoms with Gasteiger partial charge in [0.25, 0.3) is 0 Å². The van der Waals surface area contributed by atoms with E-state index in [-0.39, 0.29) is 0 Å². The van der Waals surface area contributed by atoms with Gasteiger partial charge in [0.15, 0.2) is 0 Å². The van der Waals surface area contributed by atoms with E-state index in [0.29, 0.717) is 12.0 Å². The van der Waals surface area contributed by atoms with Crippen molar-refractivity contribution in [1.82, 2.24) is 14.7 Å². The molecule has 0 fully saturated rings. The zero-order chi connectivity index (χ0) is 14.9. The van der Waals surface area contributed by atoms with Crippen LogP contribution in [0, 0.1) is 5.92 Å². The average Bonchev–Trinajstić information content (AvgIpc) is 2.37. The third-order valence-corrected chi connectivity index (χ3v) is 4.69. The van der Waals surface area contributed by atoms with Gasteiger partial charge >= 0.3 is 0 Å².